The third-order valence-electron chi connectivity index (χ3n) is 4.57. The fraction of sp³-hybridized carbons (Fsp3) is 0.333. The van der Waals surface area contributed by atoms with E-state index in [0.29, 0.717) is 12.1 Å². The first-order chi connectivity index (χ1) is 13.3. The van der Waals surface area contributed by atoms with Gasteiger partial charge in [0.2, 0.25) is 0 Å². The molecule has 0 aliphatic rings. The van der Waals surface area contributed by atoms with E-state index in [9.17, 15) is 19.7 Å². The van der Waals surface area contributed by atoms with Crippen molar-refractivity contribution in [3.05, 3.63) is 75.3 Å². The molecule has 2 atom stereocenters. The largest absolute Gasteiger partial charge is 0.449 e. The van der Waals surface area contributed by atoms with Gasteiger partial charge in [-0.3, -0.25) is 14.9 Å². The molecule has 1 amide bonds. The van der Waals surface area contributed by atoms with Crippen LogP contribution in [0, 0.1) is 17.0 Å². The summed E-state index contributed by atoms with van der Waals surface area (Å²) < 4.78 is 5.20. The van der Waals surface area contributed by atoms with E-state index in [1.807, 2.05) is 37.3 Å². The molecule has 0 saturated heterocycles. The number of rotatable bonds is 8. The van der Waals surface area contributed by atoms with Crippen LogP contribution in [-0.4, -0.2) is 29.4 Å². The van der Waals surface area contributed by atoms with Gasteiger partial charge >= 0.3 is 5.97 Å². The van der Waals surface area contributed by atoms with Crippen molar-refractivity contribution in [2.24, 2.45) is 0 Å². The van der Waals surface area contributed by atoms with Gasteiger partial charge in [-0.05, 0) is 38.0 Å². The highest BCUT2D eigenvalue weighted by Crippen LogP contribution is 2.20. The number of esters is 1. The summed E-state index contributed by atoms with van der Waals surface area (Å²) >= 11 is 0. The molecule has 0 aliphatic carbocycles. The predicted octanol–water partition coefficient (Wildman–Crippen LogP) is 3.76. The Hall–Kier alpha value is -3.22. The van der Waals surface area contributed by atoms with Crippen molar-refractivity contribution in [3.63, 3.8) is 0 Å². The van der Waals surface area contributed by atoms with Crippen molar-refractivity contribution in [3.8, 4) is 0 Å². The summed E-state index contributed by atoms with van der Waals surface area (Å²) in [6.45, 7) is 5.52. The Morgan fingerprint density at radius 3 is 2.43 bits per heavy atom. The molecule has 1 N–H and O–H groups in total. The van der Waals surface area contributed by atoms with Gasteiger partial charge in [0.25, 0.3) is 11.6 Å². The average molecular weight is 384 g/mol. The van der Waals surface area contributed by atoms with Crippen LogP contribution in [0.5, 0.6) is 0 Å². The van der Waals surface area contributed by atoms with Crippen LogP contribution in [0.15, 0.2) is 48.5 Å². The van der Waals surface area contributed by atoms with Crippen LogP contribution in [0.2, 0.25) is 0 Å². The highest BCUT2D eigenvalue weighted by atomic mass is 16.6. The van der Waals surface area contributed by atoms with Crippen LogP contribution in [-0.2, 0) is 9.53 Å². The molecule has 0 unspecified atom stereocenters. The SMILES string of the molecule is CC[C@@H](CNC(=O)[C@@H](C)OC(=O)c1ccc([N+](=O)[O-])c(C)c1)c1ccccc1. The molecule has 0 spiro atoms. The molecular formula is C21H24N2O5. The van der Waals surface area contributed by atoms with Gasteiger partial charge in [0.1, 0.15) is 0 Å². The minimum Gasteiger partial charge on any atom is -0.449 e. The van der Waals surface area contributed by atoms with Gasteiger partial charge in [-0.1, -0.05) is 37.3 Å². The Kier molecular flexibility index (Phi) is 7.26. The molecule has 0 saturated carbocycles. The van der Waals surface area contributed by atoms with E-state index >= 15 is 0 Å². The minimum absolute atomic E-state index is 0.0751. The number of benzene rings is 2. The average Bonchev–Trinajstić information content (AvgIpc) is 2.68. The fourth-order valence-corrected chi connectivity index (χ4v) is 2.86. The number of nitro groups is 1. The summed E-state index contributed by atoms with van der Waals surface area (Å²) in [5, 5.41) is 13.7. The highest BCUT2D eigenvalue weighted by molar-refractivity contribution is 5.92. The molecule has 2 aromatic rings. The third kappa shape index (κ3) is 5.39. The van der Waals surface area contributed by atoms with Gasteiger partial charge < -0.3 is 10.1 Å². The lowest BCUT2D eigenvalue weighted by atomic mass is 9.96. The summed E-state index contributed by atoms with van der Waals surface area (Å²) in [4.78, 5) is 34.9. The maximum Gasteiger partial charge on any atom is 0.338 e. The van der Waals surface area contributed by atoms with Crippen molar-refractivity contribution in [1.82, 2.24) is 5.32 Å². The molecule has 0 heterocycles. The van der Waals surface area contributed by atoms with E-state index in [2.05, 4.69) is 5.32 Å². The van der Waals surface area contributed by atoms with Gasteiger partial charge in [0.05, 0.1) is 10.5 Å². The number of hydrogen-bond donors (Lipinski definition) is 1. The lowest BCUT2D eigenvalue weighted by molar-refractivity contribution is -0.385. The summed E-state index contributed by atoms with van der Waals surface area (Å²) in [5.74, 6) is -0.914. The Morgan fingerprint density at radius 2 is 1.86 bits per heavy atom. The molecule has 0 aliphatic heterocycles. The second-order valence-electron chi connectivity index (χ2n) is 6.57. The van der Waals surface area contributed by atoms with Crippen LogP contribution in [0.4, 0.5) is 5.69 Å². The van der Waals surface area contributed by atoms with E-state index in [4.69, 9.17) is 4.74 Å². The second kappa shape index (κ2) is 9.64. The van der Waals surface area contributed by atoms with Gasteiger partial charge in [-0.25, -0.2) is 4.79 Å². The molecule has 0 fully saturated rings. The van der Waals surface area contributed by atoms with Crippen LogP contribution < -0.4 is 5.32 Å². The van der Waals surface area contributed by atoms with E-state index in [0.717, 1.165) is 12.0 Å². The van der Waals surface area contributed by atoms with Gasteiger partial charge in [0.15, 0.2) is 6.10 Å². The predicted molar refractivity (Wildman–Crippen MR) is 105 cm³/mol. The molecule has 0 aromatic heterocycles. The Balaban J connectivity index is 1.93. The first-order valence-electron chi connectivity index (χ1n) is 9.12. The maximum atomic E-state index is 12.3. The number of nitro benzene ring substituents is 1. The smallest absolute Gasteiger partial charge is 0.338 e. The number of nitrogens with zero attached hydrogens (tertiary/aromatic N) is 1. The topological polar surface area (TPSA) is 98.5 Å². The van der Waals surface area contributed by atoms with Crippen LogP contribution >= 0.6 is 0 Å². The summed E-state index contributed by atoms with van der Waals surface area (Å²) in [5.41, 5.74) is 1.58. The van der Waals surface area contributed by atoms with Crippen LogP contribution in [0.1, 0.15) is 47.7 Å². The van der Waals surface area contributed by atoms with Crippen LogP contribution in [0.3, 0.4) is 0 Å². The van der Waals surface area contributed by atoms with E-state index in [1.54, 1.807) is 6.92 Å². The molecule has 2 aromatic carbocycles. The zero-order chi connectivity index (χ0) is 20.7. The number of nitrogens with one attached hydrogen (secondary N) is 1. The summed E-state index contributed by atoms with van der Waals surface area (Å²) in [7, 11) is 0. The number of amides is 1. The molecule has 148 valence electrons. The van der Waals surface area contributed by atoms with Gasteiger partial charge in [-0.2, -0.15) is 0 Å². The fourth-order valence-electron chi connectivity index (χ4n) is 2.86. The molecule has 7 nitrogen and oxygen atoms in total. The first kappa shape index (κ1) is 21.1. The van der Waals surface area contributed by atoms with E-state index < -0.39 is 17.0 Å². The second-order valence-corrected chi connectivity index (χ2v) is 6.57. The molecule has 2 rings (SSSR count). The Morgan fingerprint density at radius 1 is 1.18 bits per heavy atom. The van der Waals surface area contributed by atoms with Crippen molar-refractivity contribution in [2.75, 3.05) is 6.54 Å². The van der Waals surface area contributed by atoms with E-state index in [1.165, 1.54) is 25.1 Å². The zero-order valence-corrected chi connectivity index (χ0v) is 16.2. The van der Waals surface area contributed by atoms with Crippen molar-refractivity contribution in [2.45, 2.75) is 39.2 Å². The number of hydrogen-bond acceptors (Lipinski definition) is 5. The standard InChI is InChI=1S/C21H24N2O5/c1-4-16(17-8-6-5-7-9-17)13-22-20(24)15(3)28-21(25)18-10-11-19(23(26)27)14(2)12-18/h5-12,15-16H,4,13H2,1-3H3,(H,22,24)/t15-,16+/m1/s1. The lowest BCUT2D eigenvalue weighted by Crippen LogP contribution is -2.38. The normalized spacial score (nSPS) is 12.7. The van der Waals surface area contributed by atoms with Gasteiger partial charge in [0, 0.05) is 24.1 Å². The summed E-state index contributed by atoms with van der Waals surface area (Å²) in [6, 6.07) is 13.8. The quantitative estimate of drug-likeness (QED) is 0.424. The highest BCUT2D eigenvalue weighted by Gasteiger charge is 2.21. The third-order valence-corrected chi connectivity index (χ3v) is 4.57. The number of carbonyl (C=O) groups excluding carboxylic acids is 2. The molecular weight excluding hydrogens is 360 g/mol. The van der Waals surface area contributed by atoms with Crippen LogP contribution in [0.25, 0.3) is 0 Å². The van der Waals surface area contributed by atoms with Crippen molar-refractivity contribution >= 4 is 17.6 Å². The Labute approximate surface area is 163 Å². The number of ether oxygens (including phenoxy) is 1. The zero-order valence-electron chi connectivity index (χ0n) is 16.2. The van der Waals surface area contributed by atoms with Crippen molar-refractivity contribution < 1.29 is 19.2 Å². The van der Waals surface area contributed by atoms with E-state index in [-0.39, 0.29) is 23.1 Å². The molecule has 0 bridgehead atoms. The maximum absolute atomic E-state index is 12.3. The van der Waals surface area contributed by atoms with Gasteiger partial charge in [-0.15, -0.1) is 0 Å². The van der Waals surface area contributed by atoms with Crippen molar-refractivity contribution in [1.29, 1.82) is 0 Å². The number of aryl methyl sites for hydroxylation is 1. The molecule has 0 radical (unpaired) electrons. The Bertz CT molecular complexity index is 851. The molecule has 28 heavy (non-hydrogen) atoms. The molecule has 7 heteroatoms. The lowest BCUT2D eigenvalue weighted by Gasteiger charge is -2.18. The summed E-state index contributed by atoms with van der Waals surface area (Å²) in [6.07, 6.45) is -0.114. The first-order valence-corrected chi connectivity index (χ1v) is 9.12. The minimum atomic E-state index is -0.976. The monoisotopic (exact) mass is 384 g/mol. The number of carbonyl (C=O) groups is 2.